The summed E-state index contributed by atoms with van der Waals surface area (Å²) in [5.74, 6) is 0.790. The molecule has 0 fully saturated rings. The second kappa shape index (κ2) is 11.6. The van der Waals surface area contributed by atoms with E-state index >= 15 is 0 Å². The molecule has 2 aromatic heterocycles. The van der Waals surface area contributed by atoms with Crippen molar-refractivity contribution in [2.24, 2.45) is 0 Å². The number of rotatable bonds is 9. The van der Waals surface area contributed by atoms with Crippen LogP contribution < -0.4 is 5.32 Å². The highest BCUT2D eigenvalue weighted by molar-refractivity contribution is 7.98. The Bertz CT molecular complexity index is 1470. The number of hydrogen-bond acceptors (Lipinski definition) is 5. The lowest BCUT2D eigenvalue weighted by Crippen LogP contribution is -2.22. The van der Waals surface area contributed by atoms with E-state index in [1.807, 2.05) is 54.6 Å². The number of para-hydroxylation sites is 1. The minimum absolute atomic E-state index is 0.138. The fourth-order valence-corrected chi connectivity index (χ4v) is 4.77. The normalized spacial score (nSPS) is 10.8. The number of aromatic nitrogens is 4. The van der Waals surface area contributed by atoms with Gasteiger partial charge in [-0.2, -0.15) is 0 Å². The van der Waals surface area contributed by atoms with Crippen molar-refractivity contribution >= 4 is 17.7 Å². The highest BCUT2D eigenvalue weighted by atomic mass is 32.2. The van der Waals surface area contributed by atoms with Gasteiger partial charge in [0.05, 0.1) is 5.69 Å². The van der Waals surface area contributed by atoms with E-state index < -0.39 is 0 Å². The molecule has 0 atom stereocenters. The molecule has 5 aromatic rings. The third-order valence-electron chi connectivity index (χ3n) is 5.79. The Balaban J connectivity index is 1.29. The van der Waals surface area contributed by atoms with Crippen molar-refractivity contribution in [3.8, 4) is 5.69 Å². The van der Waals surface area contributed by atoms with Crippen LogP contribution in [-0.4, -0.2) is 25.7 Å². The standard InChI is InChI=1S/C29H24FN5OS/c30-25-8-4-5-9-26(25)35-27(18-21-6-2-1-3-7-21)33-34-29(35)37-20-23-10-12-24(13-11-23)28(36)32-19-22-14-16-31-17-15-22/h1-17H,18-20H2,(H,32,36). The summed E-state index contributed by atoms with van der Waals surface area (Å²) >= 11 is 1.47. The predicted molar refractivity (Wildman–Crippen MR) is 142 cm³/mol. The molecule has 0 spiro atoms. The first-order valence-electron chi connectivity index (χ1n) is 11.8. The second-order valence-electron chi connectivity index (χ2n) is 8.37. The Kier molecular flexibility index (Phi) is 7.66. The molecule has 8 heteroatoms. The average molecular weight is 510 g/mol. The molecule has 0 aliphatic rings. The van der Waals surface area contributed by atoms with E-state index in [0.29, 0.717) is 41.0 Å². The van der Waals surface area contributed by atoms with E-state index in [1.165, 1.54) is 17.8 Å². The maximum atomic E-state index is 14.8. The van der Waals surface area contributed by atoms with Gasteiger partial charge in [0.2, 0.25) is 0 Å². The second-order valence-corrected chi connectivity index (χ2v) is 9.31. The topological polar surface area (TPSA) is 72.7 Å². The maximum absolute atomic E-state index is 14.8. The average Bonchev–Trinajstić information content (AvgIpc) is 3.34. The van der Waals surface area contributed by atoms with E-state index in [9.17, 15) is 9.18 Å². The fourth-order valence-electron chi connectivity index (χ4n) is 3.85. The summed E-state index contributed by atoms with van der Waals surface area (Å²) in [6.07, 6.45) is 3.93. The summed E-state index contributed by atoms with van der Waals surface area (Å²) in [5.41, 5.74) is 4.08. The van der Waals surface area contributed by atoms with Crippen LogP contribution in [0.5, 0.6) is 0 Å². The zero-order chi connectivity index (χ0) is 25.5. The Morgan fingerprint density at radius 1 is 0.811 bits per heavy atom. The monoisotopic (exact) mass is 509 g/mol. The van der Waals surface area contributed by atoms with Crippen LogP contribution in [-0.2, 0) is 18.7 Å². The van der Waals surface area contributed by atoms with E-state index in [4.69, 9.17) is 0 Å². The molecule has 0 saturated heterocycles. The number of benzene rings is 3. The number of nitrogens with one attached hydrogen (secondary N) is 1. The zero-order valence-electron chi connectivity index (χ0n) is 19.9. The lowest BCUT2D eigenvalue weighted by molar-refractivity contribution is 0.0951. The first kappa shape index (κ1) is 24.4. The molecule has 184 valence electrons. The van der Waals surface area contributed by atoms with Crippen LogP contribution in [0.15, 0.2) is 109 Å². The van der Waals surface area contributed by atoms with E-state index in [-0.39, 0.29) is 11.7 Å². The number of nitrogens with zero attached hydrogens (tertiary/aromatic N) is 4. The van der Waals surface area contributed by atoms with Crippen molar-refractivity contribution in [2.45, 2.75) is 23.9 Å². The highest BCUT2D eigenvalue weighted by Crippen LogP contribution is 2.27. The quantitative estimate of drug-likeness (QED) is 0.261. The molecule has 5 rings (SSSR count). The Labute approximate surface area is 218 Å². The van der Waals surface area contributed by atoms with Gasteiger partial charge in [-0.1, -0.05) is 66.4 Å². The minimum atomic E-state index is -0.333. The SMILES string of the molecule is O=C(NCc1ccncc1)c1ccc(CSc2nnc(Cc3ccccc3)n2-c2ccccc2F)cc1. The van der Waals surface area contributed by atoms with Crippen LogP contribution in [0.25, 0.3) is 5.69 Å². The van der Waals surface area contributed by atoms with Gasteiger partial charge in [-0.25, -0.2) is 4.39 Å². The third-order valence-corrected chi connectivity index (χ3v) is 6.79. The van der Waals surface area contributed by atoms with Crippen LogP contribution in [0.2, 0.25) is 0 Å². The molecule has 0 aliphatic carbocycles. The summed E-state index contributed by atoms with van der Waals surface area (Å²) in [7, 11) is 0. The van der Waals surface area contributed by atoms with Gasteiger partial charge < -0.3 is 5.32 Å². The highest BCUT2D eigenvalue weighted by Gasteiger charge is 2.18. The Morgan fingerprint density at radius 3 is 2.30 bits per heavy atom. The zero-order valence-corrected chi connectivity index (χ0v) is 20.7. The number of thioether (sulfide) groups is 1. The number of amides is 1. The number of halogens is 1. The van der Waals surface area contributed by atoms with Gasteiger partial charge in [0.25, 0.3) is 5.91 Å². The first-order valence-corrected chi connectivity index (χ1v) is 12.8. The van der Waals surface area contributed by atoms with Crippen LogP contribution in [0, 0.1) is 5.82 Å². The van der Waals surface area contributed by atoms with Gasteiger partial charge in [-0.3, -0.25) is 14.3 Å². The molecule has 0 unspecified atom stereocenters. The lowest BCUT2D eigenvalue weighted by Gasteiger charge is -2.11. The Hall–Kier alpha value is -4.30. The van der Waals surface area contributed by atoms with Gasteiger partial charge in [-0.05, 0) is 53.1 Å². The van der Waals surface area contributed by atoms with Gasteiger partial charge in [-0.15, -0.1) is 10.2 Å². The van der Waals surface area contributed by atoms with Crippen molar-refractivity contribution in [2.75, 3.05) is 0 Å². The smallest absolute Gasteiger partial charge is 0.251 e. The van der Waals surface area contributed by atoms with Gasteiger partial charge >= 0.3 is 0 Å². The molecule has 0 saturated carbocycles. The first-order chi connectivity index (χ1) is 18.2. The van der Waals surface area contributed by atoms with Crippen LogP contribution >= 0.6 is 11.8 Å². The molecule has 6 nitrogen and oxygen atoms in total. The molecule has 0 bridgehead atoms. The summed E-state index contributed by atoms with van der Waals surface area (Å²) in [6, 6.07) is 27.8. The van der Waals surface area contributed by atoms with Crippen LogP contribution in [0.4, 0.5) is 4.39 Å². The molecule has 0 radical (unpaired) electrons. The largest absolute Gasteiger partial charge is 0.348 e. The van der Waals surface area contributed by atoms with Crippen LogP contribution in [0.3, 0.4) is 0 Å². The van der Waals surface area contributed by atoms with E-state index in [2.05, 4.69) is 20.5 Å². The van der Waals surface area contributed by atoms with Crippen molar-refractivity contribution in [3.05, 3.63) is 137 Å². The number of carbonyl (C=O) groups is 1. The maximum Gasteiger partial charge on any atom is 0.251 e. The van der Waals surface area contributed by atoms with Crippen molar-refractivity contribution in [1.29, 1.82) is 0 Å². The summed E-state index contributed by atoms with van der Waals surface area (Å²) in [4.78, 5) is 16.5. The summed E-state index contributed by atoms with van der Waals surface area (Å²) < 4.78 is 16.6. The van der Waals surface area contributed by atoms with Gasteiger partial charge in [0.15, 0.2) is 5.16 Å². The van der Waals surface area contributed by atoms with Gasteiger partial charge in [0.1, 0.15) is 11.6 Å². The number of carbonyl (C=O) groups excluding carboxylic acids is 1. The minimum Gasteiger partial charge on any atom is -0.348 e. The fraction of sp³-hybridized carbons (Fsp3) is 0.103. The molecule has 37 heavy (non-hydrogen) atoms. The third kappa shape index (κ3) is 6.10. The molecular formula is C29H24FN5OS. The molecule has 2 heterocycles. The van der Waals surface area contributed by atoms with Crippen molar-refractivity contribution in [1.82, 2.24) is 25.1 Å². The Morgan fingerprint density at radius 2 is 1.54 bits per heavy atom. The number of pyridine rings is 1. The van der Waals surface area contributed by atoms with E-state index in [1.54, 1.807) is 47.3 Å². The molecular weight excluding hydrogens is 485 g/mol. The van der Waals surface area contributed by atoms with Crippen molar-refractivity contribution < 1.29 is 9.18 Å². The summed E-state index contributed by atoms with van der Waals surface area (Å²) in [6.45, 7) is 0.440. The van der Waals surface area contributed by atoms with Crippen molar-refractivity contribution in [3.63, 3.8) is 0 Å². The molecule has 3 aromatic carbocycles. The van der Waals surface area contributed by atoms with E-state index in [0.717, 1.165) is 16.7 Å². The molecule has 0 aliphatic heterocycles. The molecule has 1 N–H and O–H groups in total. The summed E-state index contributed by atoms with van der Waals surface area (Å²) in [5, 5.41) is 12.3. The number of hydrogen-bond donors (Lipinski definition) is 1. The predicted octanol–water partition coefficient (Wildman–Crippen LogP) is 5.61. The lowest BCUT2D eigenvalue weighted by atomic mass is 10.1. The van der Waals surface area contributed by atoms with Gasteiger partial charge in [0, 0.05) is 36.7 Å². The van der Waals surface area contributed by atoms with Crippen LogP contribution in [0.1, 0.15) is 32.9 Å². The molecule has 1 amide bonds.